The summed E-state index contributed by atoms with van der Waals surface area (Å²) in [7, 11) is 0. The van der Waals surface area contributed by atoms with E-state index in [4.69, 9.17) is 4.74 Å². The average molecular weight is 362 g/mol. The fourth-order valence-electron chi connectivity index (χ4n) is 5.04. The largest absolute Gasteiger partial charge is 0.377 e. The summed E-state index contributed by atoms with van der Waals surface area (Å²) in [6.45, 7) is 5.25. The number of ether oxygens (including phenoxy) is 1. The van der Waals surface area contributed by atoms with Gasteiger partial charge in [-0.15, -0.1) is 0 Å². The van der Waals surface area contributed by atoms with E-state index in [0.29, 0.717) is 12.7 Å². The van der Waals surface area contributed by atoms with Gasteiger partial charge in [-0.05, 0) is 63.2 Å². The van der Waals surface area contributed by atoms with Gasteiger partial charge in [-0.2, -0.15) is 5.26 Å². The third-order valence-corrected chi connectivity index (χ3v) is 7.12. The number of hydrogen-bond donors (Lipinski definition) is 0. The van der Waals surface area contributed by atoms with Crippen LogP contribution in [0.4, 0.5) is 0 Å². The van der Waals surface area contributed by atoms with E-state index >= 15 is 0 Å². The summed E-state index contributed by atoms with van der Waals surface area (Å²) < 4.78 is 6.30. The first-order valence-electron chi connectivity index (χ1n) is 11.7. The molecule has 150 valence electrons. The molecule has 2 fully saturated rings. The molecule has 0 aromatic carbocycles. The highest BCUT2D eigenvalue weighted by Gasteiger charge is 2.36. The smallest absolute Gasteiger partial charge is 0.0807 e. The molecule has 2 aliphatic rings. The minimum Gasteiger partial charge on any atom is -0.377 e. The van der Waals surface area contributed by atoms with E-state index in [0.717, 1.165) is 24.7 Å². The molecule has 0 spiro atoms. The molecule has 0 amide bonds. The van der Waals surface area contributed by atoms with Gasteiger partial charge in [0.25, 0.3) is 0 Å². The first-order valence-corrected chi connectivity index (χ1v) is 11.7. The highest BCUT2D eigenvalue weighted by atomic mass is 16.5. The van der Waals surface area contributed by atoms with Crippen LogP contribution in [0.3, 0.4) is 0 Å². The molecule has 0 bridgehead atoms. The lowest BCUT2D eigenvalue weighted by atomic mass is 9.70. The number of hydrogen-bond acceptors (Lipinski definition) is 2. The van der Waals surface area contributed by atoms with Crippen molar-refractivity contribution in [3.05, 3.63) is 0 Å². The maximum atomic E-state index is 9.80. The number of unbranched alkanes of at least 4 members (excludes halogenated alkanes) is 4. The van der Waals surface area contributed by atoms with Crippen LogP contribution in [-0.4, -0.2) is 12.7 Å². The second kappa shape index (κ2) is 12.0. The van der Waals surface area contributed by atoms with E-state index in [1.165, 1.54) is 89.9 Å². The monoisotopic (exact) mass is 361 g/mol. The molecule has 2 rings (SSSR count). The molecule has 0 atom stereocenters. The summed E-state index contributed by atoms with van der Waals surface area (Å²) in [4.78, 5) is 0. The van der Waals surface area contributed by atoms with Crippen molar-refractivity contribution in [3.8, 4) is 6.07 Å². The highest BCUT2D eigenvalue weighted by Crippen LogP contribution is 2.41. The van der Waals surface area contributed by atoms with Crippen LogP contribution in [0.25, 0.3) is 0 Å². The van der Waals surface area contributed by atoms with Crippen molar-refractivity contribution in [2.75, 3.05) is 6.61 Å². The lowest BCUT2D eigenvalue weighted by molar-refractivity contribution is -0.0300. The number of nitrogens with zero attached hydrogens (tertiary/aromatic N) is 1. The molecule has 0 aliphatic heterocycles. The zero-order valence-corrected chi connectivity index (χ0v) is 17.6. The molecular formula is C24H43NO. The third-order valence-electron chi connectivity index (χ3n) is 7.12. The predicted molar refractivity (Wildman–Crippen MR) is 110 cm³/mol. The zero-order valence-electron chi connectivity index (χ0n) is 17.6. The number of rotatable bonds is 11. The average Bonchev–Trinajstić information content (AvgIpc) is 2.69. The van der Waals surface area contributed by atoms with Crippen LogP contribution in [-0.2, 0) is 4.74 Å². The van der Waals surface area contributed by atoms with Gasteiger partial charge in [-0.1, -0.05) is 65.2 Å². The Morgan fingerprint density at radius 3 is 1.85 bits per heavy atom. The van der Waals surface area contributed by atoms with Crippen LogP contribution in [0, 0.1) is 28.6 Å². The van der Waals surface area contributed by atoms with Crippen LogP contribution in [0.5, 0.6) is 0 Å². The Labute approximate surface area is 163 Å². The van der Waals surface area contributed by atoms with Gasteiger partial charge in [0.05, 0.1) is 24.2 Å². The Bertz CT molecular complexity index is 397. The number of nitriles is 1. The van der Waals surface area contributed by atoms with Gasteiger partial charge in [-0.25, -0.2) is 0 Å². The Kier molecular flexibility index (Phi) is 10.1. The van der Waals surface area contributed by atoms with E-state index < -0.39 is 0 Å². The van der Waals surface area contributed by atoms with Crippen molar-refractivity contribution in [3.63, 3.8) is 0 Å². The Balaban J connectivity index is 1.64. The van der Waals surface area contributed by atoms with Gasteiger partial charge in [-0.3, -0.25) is 0 Å². The molecule has 0 aromatic rings. The maximum Gasteiger partial charge on any atom is 0.0807 e. The zero-order chi connectivity index (χ0) is 18.7. The SMILES string of the molecule is CCCCCC1CCC(OCC2(C#N)CCC(CCCCC)CC2)CC1. The standard InChI is InChI=1S/C24H43NO/c1-3-5-7-9-21-11-13-23(14-12-21)26-20-24(19-25)17-15-22(16-18-24)10-8-6-4-2/h21-23H,3-18,20H2,1-2H3. The van der Waals surface area contributed by atoms with Crippen molar-refractivity contribution < 1.29 is 4.74 Å². The third kappa shape index (κ3) is 7.22. The Morgan fingerprint density at radius 2 is 1.35 bits per heavy atom. The van der Waals surface area contributed by atoms with Crippen LogP contribution in [0.15, 0.2) is 0 Å². The topological polar surface area (TPSA) is 33.0 Å². The Hall–Kier alpha value is -0.550. The minimum atomic E-state index is -0.181. The second-order valence-electron chi connectivity index (χ2n) is 9.28. The summed E-state index contributed by atoms with van der Waals surface area (Å²) in [5, 5.41) is 9.80. The normalized spacial score (nSPS) is 32.3. The summed E-state index contributed by atoms with van der Waals surface area (Å²) in [6, 6.07) is 2.66. The second-order valence-corrected chi connectivity index (χ2v) is 9.28. The van der Waals surface area contributed by atoms with E-state index in [1.807, 2.05) is 0 Å². The first-order chi connectivity index (χ1) is 12.7. The molecule has 2 heteroatoms. The molecule has 26 heavy (non-hydrogen) atoms. The fourth-order valence-corrected chi connectivity index (χ4v) is 5.04. The van der Waals surface area contributed by atoms with E-state index in [2.05, 4.69) is 19.9 Å². The van der Waals surface area contributed by atoms with Crippen molar-refractivity contribution >= 4 is 0 Å². The van der Waals surface area contributed by atoms with Crippen LogP contribution in [0.2, 0.25) is 0 Å². The van der Waals surface area contributed by atoms with E-state index in [1.54, 1.807) is 0 Å². The molecule has 0 aromatic heterocycles. The van der Waals surface area contributed by atoms with Crippen molar-refractivity contribution in [2.24, 2.45) is 17.3 Å². The quantitative estimate of drug-likeness (QED) is 0.359. The van der Waals surface area contributed by atoms with Gasteiger partial charge >= 0.3 is 0 Å². The molecule has 0 unspecified atom stereocenters. The summed E-state index contributed by atoms with van der Waals surface area (Å²) in [6.07, 6.45) is 21.1. The summed E-state index contributed by atoms with van der Waals surface area (Å²) in [5.41, 5.74) is -0.181. The van der Waals surface area contributed by atoms with Gasteiger partial charge < -0.3 is 4.74 Å². The van der Waals surface area contributed by atoms with E-state index in [9.17, 15) is 5.26 Å². The Morgan fingerprint density at radius 1 is 0.808 bits per heavy atom. The molecule has 0 heterocycles. The maximum absolute atomic E-state index is 9.80. The lowest BCUT2D eigenvalue weighted by Gasteiger charge is -2.37. The summed E-state index contributed by atoms with van der Waals surface area (Å²) >= 11 is 0. The molecular weight excluding hydrogens is 318 g/mol. The van der Waals surface area contributed by atoms with Gasteiger partial charge in [0, 0.05) is 0 Å². The van der Waals surface area contributed by atoms with Gasteiger partial charge in [0.1, 0.15) is 0 Å². The van der Waals surface area contributed by atoms with E-state index in [-0.39, 0.29) is 5.41 Å². The first kappa shape index (κ1) is 21.7. The fraction of sp³-hybridized carbons (Fsp3) is 0.958. The molecule has 0 N–H and O–H groups in total. The van der Waals surface area contributed by atoms with Crippen molar-refractivity contribution in [1.82, 2.24) is 0 Å². The molecule has 2 nitrogen and oxygen atoms in total. The van der Waals surface area contributed by atoms with Crippen LogP contribution in [0.1, 0.15) is 117 Å². The molecule has 0 radical (unpaired) electrons. The van der Waals surface area contributed by atoms with Gasteiger partial charge in [0.2, 0.25) is 0 Å². The van der Waals surface area contributed by atoms with Crippen LogP contribution < -0.4 is 0 Å². The van der Waals surface area contributed by atoms with Crippen LogP contribution >= 0.6 is 0 Å². The van der Waals surface area contributed by atoms with Crippen molar-refractivity contribution in [2.45, 2.75) is 123 Å². The molecule has 2 saturated carbocycles. The highest BCUT2D eigenvalue weighted by molar-refractivity contribution is 5.02. The lowest BCUT2D eigenvalue weighted by Crippen LogP contribution is -2.34. The minimum absolute atomic E-state index is 0.181. The summed E-state index contributed by atoms with van der Waals surface area (Å²) in [5.74, 6) is 1.80. The van der Waals surface area contributed by atoms with Crippen molar-refractivity contribution in [1.29, 1.82) is 5.26 Å². The predicted octanol–water partition coefficient (Wildman–Crippen LogP) is 7.42. The molecule has 0 saturated heterocycles. The van der Waals surface area contributed by atoms with Gasteiger partial charge in [0.15, 0.2) is 0 Å². The molecule has 2 aliphatic carbocycles.